The highest BCUT2D eigenvalue weighted by Gasteiger charge is 2.23. The highest BCUT2D eigenvalue weighted by molar-refractivity contribution is 6.10. The van der Waals surface area contributed by atoms with Gasteiger partial charge < -0.3 is 20.1 Å². The van der Waals surface area contributed by atoms with Crippen molar-refractivity contribution in [3.05, 3.63) is 65.4 Å². The van der Waals surface area contributed by atoms with E-state index in [1.165, 1.54) is 5.56 Å². The normalized spacial score (nSPS) is 12.2. The number of fused-ring (bicyclic) bond motifs is 1. The molecule has 5 rings (SSSR count). The van der Waals surface area contributed by atoms with Gasteiger partial charge in [-0.1, -0.05) is 38.1 Å². The van der Waals surface area contributed by atoms with Crippen LogP contribution in [0.4, 0.5) is 0 Å². The molecule has 1 aliphatic heterocycles. The zero-order chi connectivity index (χ0) is 26.6. The highest BCUT2D eigenvalue weighted by atomic mass is 16.5. The first-order valence-electron chi connectivity index (χ1n) is 12.3. The second-order valence-electron chi connectivity index (χ2n) is 9.52. The van der Waals surface area contributed by atoms with E-state index in [4.69, 9.17) is 9.84 Å². The van der Waals surface area contributed by atoms with Gasteiger partial charge in [0.1, 0.15) is 11.5 Å². The minimum Gasteiger partial charge on any atom is -0.507 e. The van der Waals surface area contributed by atoms with Crippen LogP contribution in [-0.2, 0) is 17.6 Å². The summed E-state index contributed by atoms with van der Waals surface area (Å²) in [5.74, 6) is -0.0135. The lowest BCUT2D eigenvalue weighted by Crippen LogP contribution is -2.10. The van der Waals surface area contributed by atoms with Crippen LogP contribution >= 0.6 is 0 Å². The maximum absolute atomic E-state index is 11.7. The summed E-state index contributed by atoms with van der Waals surface area (Å²) in [5, 5.41) is 31.3. The molecule has 0 saturated carbocycles. The summed E-state index contributed by atoms with van der Waals surface area (Å²) in [6.45, 7) is 11.6. The third-order valence-corrected chi connectivity index (χ3v) is 5.73. The van der Waals surface area contributed by atoms with Gasteiger partial charge in [0.2, 0.25) is 0 Å². The maximum Gasteiger partial charge on any atom is 0.307 e. The van der Waals surface area contributed by atoms with Crippen molar-refractivity contribution in [1.29, 1.82) is 0 Å². The summed E-state index contributed by atoms with van der Waals surface area (Å²) in [7, 11) is 0. The van der Waals surface area contributed by atoms with E-state index >= 15 is 0 Å². The monoisotopic (exact) mass is 489 g/mol. The average molecular weight is 490 g/mol. The predicted octanol–water partition coefficient (Wildman–Crippen LogP) is 6.43. The van der Waals surface area contributed by atoms with Crippen LogP contribution in [0.3, 0.4) is 0 Å². The second kappa shape index (κ2) is 11.0. The van der Waals surface area contributed by atoms with E-state index in [0.29, 0.717) is 23.1 Å². The summed E-state index contributed by atoms with van der Waals surface area (Å²) in [4.78, 5) is 16.3. The van der Waals surface area contributed by atoms with E-state index in [9.17, 15) is 15.0 Å². The molecule has 2 heterocycles. The smallest absolute Gasteiger partial charge is 0.307 e. The minimum atomic E-state index is -0.942. The number of nitrogens with zero attached hydrogens (tertiary/aromatic N) is 1. The second-order valence-corrected chi connectivity index (χ2v) is 9.52. The molecule has 0 bridgehead atoms. The lowest BCUT2D eigenvalue weighted by Gasteiger charge is -2.22. The number of hydrogen-bond acceptors (Lipinski definition) is 5. The number of aromatic nitrogens is 1. The molecule has 6 heteroatoms. The van der Waals surface area contributed by atoms with Crippen molar-refractivity contribution >= 4 is 27.6 Å². The minimum absolute atomic E-state index is 0.125. The van der Waals surface area contributed by atoms with Gasteiger partial charge in [0, 0.05) is 29.0 Å². The fourth-order valence-corrected chi connectivity index (χ4v) is 4.39. The van der Waals surface area contributed by atoms with Crippen LogP contribution in [-0.4, -0.2) is 38.5 Å². The zero-order valence-electron chi connectivity index (χ0n) is 21.8. The number of carbonyl (C=O) groups is 1. The molecular formula is C30H35NO5. The fourth-order valence-electron chi connectivity index (χ4n) is 4.39. The number of hydrogen-bond donors (Lipinski definition) is 3. The van der Waals surface area contributed by atoms with E-state index < -0.39 is 11.6 Å². The Morgan fingerprint density at radius 3 is 2.33 bits per heavy atom. The third-order valence-electron chi connectivity index (χ3n) is 5.73. The van der Waals surface area contributed by atoms with Gasteiger partial charge in [-0.15, -0.1) is 0 Å². The number of phenolic OH excluding ortho intramolecular Hbond substituents is 1. The number of aromatic hydroxyl groups is 1. The Morgan fingerprint density at radius 1 is 1.06 bits per heavy atom. The van der Waals surface area contributed by atoms with E-state index in [0.717, 1.165) is 39.6 Å². The first-order valence-corrected chi connectivity index (χ1v) is 12.3. The average Bonchev–Trinajstić information content (AvgIpc) is 2.84. The van der Waals surface area contributed by atoms with Crippen molar-refractivity contribution in [1.82, 2.24) is 4.98 Å². The van der Waals surface area contributed by atoms with Crippen molar-refractivity contribution in [3.8, 4) is 22.6 Å². The largest absolute Gasteiger partial charge is 0.507 e. The number of pyridine rings is 1. The molecule has 0 saturated heterocycles. The Labute approximate surface area is 212 Å². The molecule has 1 aromatic heterocycles. The van der Waals surface area contributed by atoms with E-state index in [1.54, 1.807) is 33.9 Å². The molecule has 0 spiro atoms. The molecule has 0 aliphatic carbocycles. The number of aliphatic hydroxyl groups is 1. The summed E-state index contributed by atoms with van der Waals surface area (Å²) in [6.07, 6.45) is 2.43. The van der Waals surface area contributed by atoms with Crippen LogP contribution in [0.5, 0.6) is 11.5 Å². The van der Waals surface area contributed by atoms with Crippen molar-refractivity contribution < 1.29 is 24.9 Å². The highest BCUT2D eigenvalue weighted by Crippen LogP contribution is 2.45. The number of rotatable bonds is 3. The van der Waals surface area contributed by atoms with Crippen molar-refractivity contribution in [3.63, 3.8) is 0 Å². The van der Waals surface area contributed by atoms with Gasteiger partial charge in [-0.25, -0.2) is 0 Å². The van der Waals surface area contributed by atoms with Gasteiger partial charge >= 0.3 is 5.97 Å². The Balaban J connectivity index is 0.000000463. The summed E-state index contributed by atoms with van der Waals surface area (Å²) in [5.41, 5.74) is 4.32. The topological polar surface area (TPSA) is 99.9 Å². The number of benzene rings is 3. The zero-order valence-corrected chi connectivity index (χ0v) is 21.8. The van der Waals surface area contributed by atoms with Crippen molar-refractivity contribution in [2.75, 3.05) is 6.61 Å². The molecule has 36 heavy (non-hydrogen) atoms. The fraction of sp³-hybridized carbons (Fsp3) is 0.333. The number of ether oxygens (including phenoxy) is 1. The molecule has 6 nitrogen and oxygen atoms in total. The quantitative estimate of drug-likeness (QED) is 0.306. The molecule has 3 aromatic carbocycles. The summed E-state index contributed by atoms with van der Waals surface area (Å²) in [6, 6.07) is 13.4. The molecule has 0 amide bonds. The van der Waals surface area contributed by atoms with E-state index in [-0.39, 0.29) is 12.2 Å². The molecule has 190 valence electrons. The maximum atomic E-state index is 11.7. The van der Waals surface area contributed by atoms with Gasteiger partial charge in [-0.3, -0.25) is 9.78 Å². The van der Waals surface area contributed by atoms with Crippen LogP contribution in [0.15, 0.2) is 48.7 Å². The van der Waals surface area contributed by atoms with E-state index in [1.807, 2.05) is 56.3 Å². The SMILES string of the molecule is CC.CC(C)(C)O.Cc1c(CC(=O)O)c(-c2ccc3c4c(ccnc24)CCO3)c2ccccc2c1O. The molecule has 0 fully saturated rings. The molecule has 1 aliphatic rings. The Morgan fingerprint density at radius 2 is 1.69 bits per heavy atom. The molecule has 0 unspecified atom stereocenters. The van der Waals surface area contributed by atoms with Gasteiger partial charge in [-0.05, 0) is 73.5 Å². The third kappa shape index (κ3) is 5.60. The Bertz CT molecular complexity index is 1390. The van der Waals surface area contributed by atoms with E-state index in [2.05, 4.69) is 4.98 Å². The summed E-state index contributed by atoms with van der Waals surface area (Å²) < 4.78 is 5.84. The first-order chi connectivity index (χ1) is 17.1. The van der Waals surface area contributed by atoms with Crippen LogP contribution in [0, 0.1) is 6.92 Å². The molecular weight excluding hydrogens is 454 g/mol. The first kappa shape index (κ1) is 27.0. The predicted molar refractivity (Wildman–Crippen MR) is 145 cm³/mol. The number of carboxylic acids is 1. The van der Waals surface area contributed by atoms with Gasteiger partial charge in [-0.2, -0.15) is 0 Å². The van der Waals surface area contributed by atoms with Crippen LogP contribution in [0.25, 0.3) is 32.8 Å². The Kier molecular flexibility index (Phi) is 8.21. The van der Waals surface area contributed by atoms with Gasteiger partial charge in [0.25, 0.3) is 0 Å². The Hall–Kier alpha value is -3.64. The van der Waals surface area contributed by atoms with Crippen LogP contribution in [0.2, 0.25) is 0 Å². The van der Waals surface area contributed by atoms with Crippen LogP contribution < -0.4 is 4.74 Å². The lowest BCUT2D eigenvalue weighted by molar-refractivity contribution is -0.136. The molecule has 4 aromatic rings. The summed E-state index contributed by atoms with van der Waals surface area (Å²) >= 11 is 0. The lowest BCUT2D eigenvalue weighted by atomic mass is 9.86. The number of carboxylic acid groups (broad SMARTS) is 1. The molecule has 3 N–H and O–H groups in total. The van der Waals surface area contributed by atoms with Crippen molar-refractivity contribution in [2.24, 2.45) is 0 Å². The molecule has 0 radical (unpaired) electrons. The standard InChI is InChI=1S/C24H19NO4.C4H10O.C2H6/c1-13-18(12-20(26)27)22(15-4-2-3-5-16(15)24(13)28)17-6-7-19-21-14(9-11-29-19)8-10-25-23(17)21;1-4(2,3)5;1-2/h2-8,10,28H,9,11-12H2,1H3,(H,26,27);5H,1-3H3;1-2H3. The van der Waals surface area contributed by atoms with Crippen molar-refractivity contribution in [2.45, 2.75) is 60.0 Å². The van der Waals surface area contributed by atoms with Crippen LogP contribution in [0.1, 0.15) is 51.3 Å². The molecule has 0 atom stereocenters. The van der Waals surface area contributed by atoms with Gasteiger partial charge in [0.05, 0.1) is 24.1 Å². The van der Waals surface area contributed by atoms with Gasteiger partial charge in [0.15, 0.2) is 0 Å². The number of phenols is 1. The number of aliphatic carboxylic acids is 1.